The molecule has 0 N–H and O–H groups in total. The van der Waals surface area contributed by atoms with Crippen molar-refractivity contribution in [1.29, 1.82) is 0 Å². The normalized spacial score (nSPS) is 12.4. The van der Waals surface area contributed by atoms with E-state index < -0.39 is 0 Å². The van der Waals surface area contributed by atoms with Crippen molar-refractivity contribution in [2.24, 2.45) is 0 Å². The van der Waals surface area contributed by atoms with Gasteiger partial charge in [0, 0.05) is 43.7 Å². The van der Waals surface area contributed by atoms with Gasteiger partial charge in [-0.3, -0.25) is 0 Å². The quantitative estimate of drug-likeness (QED) is 0.185. The Labute approximate surface area is 298 Å². The average molecular weight is 664 g/mol. The van der Waals surface area contributed by atoms with Gasteiger partial charge in [0.05, 0.1) is 38.8 Å². The highest BCUT2D eigenvalue weighted by molar-refractivity contribution is 6.14. The molecule has 3 aromatic heterocycles. The van der Waals surface area contributed by atoms with Crippen molar-refractivity contribution in [3.63, 3.8) is 0 Å². The van der Waals surface area contributed by atoms with Crippen LogP contribution in [0.25, 0.3) is 93.6 Å². The standard InChI is InChI=1S/C48H29N3O/c1-4-17-40-34(13-1)35-14-2-5-18-41(35)50(40)33-24-26-43-39(29-33)36-15-3-6-19-42(36)49(43)32-12-9-11-30(27-32)31-23-25-44-38(28-31)37-16-10-22-47-48(37)51(44)45-20-7-8-21-46(45)52-47/h1-29H. The number of para-hydroxylation sites is 6. The summed E-state index contributed by atoms with van der Waals surface area (Å²) in [5.74, 6) is 1.77. The van der Waals surface area contributed by atoms with E-state index in [1.165, 1.54) is 71.0 Å². The van der Waals surface area contributed by atoms with Crippen LogP contribution < -0.4 is 4.74 Å². The second kappa shape index (κ2) is 10.3. The third-order valence-electron chi connectivity index (χ3n) is 11.0. The van der Waals surface area contributed by atoms with Crippen LogP contribution >= 0.6 is 0 Å². The van der Waals surface area contributed by atoms with Crippen LogP contribution in [0, 0.1) is 0 Å². The average Bonchev–Trinajstić information content (AvgIpc) is 3.84. The molecule has 0 unspecified atom stereocenters. The fourth-order valence-corrected chi connectivity index (χ4v) is 8.80. The lowest BCUT2D eigenvalue weighted by atomic mass is 10.0. The van der Waals surface area contributed by atoms with Gasteiger partial charge in [-0.05, 0) is 90.0 Å². The summed E-state index contributed by atoms with van der Waals surface area (Å²) in [6.07, 6.45) is 0. The van der Waals surface area contributed by atoms with Gasteiger partial charge in [-0.15, -0.1) is 0 Å². The van der Waals surface area contributed by atoms with Crippen molar-refractivity contribution in [1.82, 2.24) is 13.7 Å². The molecule has 52 heavy (non-hydrogen) atoms. The second-order valence-electron chi connectivity index (χ2n) is 13.8. The molecule has 4 nitrogen and oxygen atoms in total. The first kappa shape index (κ1) is 27.7. The van der Waals surface area contributed by atoms with E-state index in [0.29, 0.717) is 0 Å². The Balaban J connectivity index is 1.04. The van der Waals surface area contributed by atoms with Gasteiger partial charge in [-0.25, -0.2) is 0 Å². The molecule has 11 aromatic rings. The molecule has 1 aliphatic heterocycles. The lowest BCUT2D eigenvalue weighted by Gasteiger charge is -2.20. The molecule has 242 valence electrons. The minimum absolute atomic E-state index is 0.880. The van der Waals surface area contributed by atoms with Crippen LogP contribution in [0.2, 0.25) is 0 Å². The molecule has 4 heteroatoms. The van der Waals surface area contributed by atoms with Crippen LogP contribution in [0.4, 0.5) is 0 Å². The fourth-order valence-electron chi connectivity index (χ4n) is 8.80. The molecule has 0 saturated heterocycles. The smallest absolute Gasteiger partial charge is 0.152 e. The Morgan fingerprint density at radius 1 is 0.308 bits per heavy atom. The molecule has 0 aliphatic carbocycles. The van der Waals surface area contributed by atoms with E-state index in [2.05, 4.69) is 177 Å². The maximum absolute atomic E-state index is 6.36. The topological polar surface area (TPSA) is 24.0 Å². The van der Waals surface area contributed by atoms with Crippen LogP contribution in [-0.4, -0.2) is 13.7 Å². The number of nitrogens with zero attached hydrogens (tertiary/aromatic N) is 3. The maximum atomic E-state index is 6.36. The Kier molecular flexibility index (Phi) is 5.47. The van der Waals surface area contributed by atoms with E-state index in [1.807, 2.05) is 12.1 Å². The van der Waals surface area contributed by atoms with E-state index in [4.69, 9.17) is 4.74 Å². The highest BCUT2D eigenvalue weighted by Crippen LogP contribution is 2.46. The number of fused-ring (bicyclic) bond motifs is 11. The van der Waals surface area contributed by atoms with Gasteiger partial charge >= 0.3 is 0 Å². The van der Waals surface area contributed by atoms with Gasteiger partial charge in [0.1, 0.15) is 0 Å². The van der Waals surface area contributed by atoms with E-state index in [1.54, 1.807) is 0 Å². The Morgan fingerprint density at radius 2 is 0.827 bits per heavy atom. The number of benzene rings is 8. The van der Waals surface area contributed by atoms with E-state index in [-0.39, 0.29) is 0 Å². The first-order valence-corrected chi connectivity index (χ1v) is 17.8. The van der Waals surface area contributed by atoms with Crippen molar-refractivity contribution < 1.29 is 4.74 Å². The van der Waals surface area contributed by atoms with Crippen LogP contribution in [0.5, 0.6) is 11.5 Å². The minimum Gasteiger partial charge on any atom is -0.453 e. The molecular formula is C48H29N3O. The highest BCUT2D eigenvalue weighted by atomic mass is 16.5. The van der Waals surface area contributed by atoms with Crippen molar-refractivity contribution in [2.75, 3.05) is 0 Å². The van der Waals surface area contributed by atoms with Gasteiger partial charge < -0.3 is 18.4 Å². The van der Waals surface area contributed by atoms with Gasteiger partial charge in [-0.1, -0.05) is 97.1 Å². The molecule has 8 aromatic carbocycles. The van der Waals surface area contributed by atoms with E-state index in [9.17, 15) is 0 Å². The Hall–Kier alpha value is -7.04. The molecule has 0 spiro atoms. The molecule has 0 radical (unpaired) electrons. The van der Waals surface area contributed by atoms with Crippen molar-refractivity contribution in [3.8, 4) is 39.7 Å². The number of ether oxygens (including phenoxy) is 1. The monoisotopic (exact) mass is 663 g/mol. The summed E-state index contributed by atoms with van der Waals surface area (Å²) >= 11 is 0. The fraction of sp³-hybridized carbons (Fsp3) is 0. The summed E-state index contributed by atoms with van der Waals surface area (Å²) < 4.78 is 13.5. The minimum atomic E-state index is 0.880. The Morgan fingerprint density at radius 3 is 1.60 bits per heavy atom. The molecule has 0 bridgehead atoms. The van der Waals surface area contributed by atoms with Crippen LogP contribution in [0.15, 0.2) is 176 Å². The number of aromatic nitrogens is 3. The molecular weight excluding hydrogens is 635 g/mol. The summed E-state index contributed by atoms with van der Waals surface area (Å²) in [7, 11) is 0. The van der Waals surface area contributed by atoms with Gasteiger partial charge in [0.25, 0.3) is 0 Å². The first-order valence-electron chi connectivity index (χ1n) is 17.8. The zero-order valence-corrected chi connectivity index (χ0v) is 28.0. The zero-order chi connectivity index (χ0) is 33.9. The SMILES string of the molecule is c1cc(-c2ccc3c(c2)c2cccc4c2n3-c2ccccc2O4)cc(-n2c3ccccc3c3cc(-n4c5ccccc5c5ccccc54)ccc32)c1. The van der Waals surface area contributed by atoms with E-state index >= 15 is 0 Å². The summed E-state index contributed by atoms with van der Waals surface area (Å²) in [5.41, 5.74) is 12.8. The largest absolute Gasteiger partial charge is 0.453 e. The molecule has 1 aliphatic rings. The van der Waals surface area contributed by atoms with Crippen molar-refractivity contribution >= 4 is 65.4 Å². The molecule has 12 rings (SSSR count). The third kappa shape index (κ3) is 3.70. The van der Waals surface area contributed by atoms with E-state index in [0.717, 1.165) is 34.1 Å². The first-order chi connectivity index (χ1) is 25.8. The lowest BCUT2D eigenvalue weighted by molar-refractivity contribution is 0.476. The summed E-state index contributed by atoms with van der Waals surface area (Å²) in [6, 6.07) is 63.6. The molecule has 0 saturated carbocycles. The number of hydrogen-bond acceptors (Lipinski definition) is 1. The summed E-state index contributed by atoms with van der Waals surface area (Å²) in [5, 5.41) is 7.43. The number of hydrogen-bond donors (Lipinski definition) is 0. The Bertz CT molecular complexity index is 3230. The highest BCUT2D eigenvalue weighted by Gasteiger charge is 2.24. The van der Waals surface area contributed by atoms with Crippen LogP contribution in [0.3, 0.4) is 0 Å². The van der Waals surface area contributed by atoms with Gasteiger partial charge in [0.15, 0.2) is 11.5 Å². The summed E-state index contributed by atoms with van der Waals surface area (Å²) in [4.78, 5) is 0. The predicted molar refractivity (Wildman–Crippen MR) is 215 cm³/mol. The molecule has 0 amide bonds. The van der Waals surface area contributed by atoms with Gasteiger partial charge in [-0.2, -0.15) is 0 Å². The molecule has 0 atom stereocenters. The molecule has 4 heterocycles. The number of rotatable bonds is 3. The van der Waals surface area contributed by atoms with Crippen LogP contribution in [-0.2, 0) is 0 Å². The summed E-state index contributed by atoms with van der Waals surface area (Å²) in [6.45, 7) is 0. The maximum Gasteiger partial charge on any atom is 0.152 e. The van der Waals surface area contributed by atoms with Crippen molar-refractivity contribution in [2.45, 2.75) is 0 Å². The van der Waals surface area contributed by atoms with Crippen LogP contribution in [0.1, 0.15) is 0 Å². The molecule has 0 fully saturated rings. The second-order valence-corrected chi connectivity index (χ2v) is 13.8. The van der Waals surface area contributed by atoms with Crippen molar-refractivity contribution in [3.05, 3.63) is 176 Å². The van der Waals surface area contributed by atoms with Gasteiger partial charge in [0.2, 0.25) is 0 Å². The zero-order valence-electron chi connectivity index (χ0n) is 28.0. The lowest BCUT2D eigenvalue weighted by Crippen LogP contribution is -2.03. The third-order valence-corrected chi connectivity index (χ3v) is 11.0. The predicted octanol–water partition coefficient (Wildman–Crippen LogP) is 12.8.